The molecule has 0 bridgehead atoms. The van der Waals surface area contributed by atoms with Crippen molar-refractivity contribution < 1.29 is 17.9 Å². The molecule has 0 heterocycles. The fraction of sp³-hybridized carbons (Fsp3) is 0.500. The highest BCUT2D eigenvalue weighted by Crippen LogP contribution is 2.20. The Bertz CT molecular complexity index is 494. The van der Waals surface area contributed by atoms with Crippen molar-refractivity contribution in [3.05, 3.63) is 34.9 Å². The van der Waals surface area contributed by atoms with Crippen molar-refractivity contribution in [2.75, 3.05) is 27.2 Å². The molecule has 0 spiro atoms. The lowest BCUT2D eigenvalue weighted by Crippen LogP contribution is -2.40. The monoisotopic (exact) mass is 337 g/mol. The number of hydrogen-bond acceptors (Lipinski definition) is 2. The molecule has 0 saturated heterocycles. The maximum absolute atomic E-state index is 12.1. The van der Waals surface area contributed by atoms with E-state index in [2.05, 4.69) is 15.6 Å². The minimum absolute atomic E-state index is 0.238. The van der Waals surface area contributed by atoms with Crippen molar-refractivity contribution in [2.24, 2.45) is 4.99 Å². The molecule has 8 heteroatoms. The zero-order valence-corrected chi connectivity index (χ0v) is 13.1. The van der Waals surface area contributed by atoms with Crippen LogP contribution >= 0.6 is 11.6 Å². The van der Waals surface area contributed by atoms with Crippen LogP contribution in [0.3, 0.4) is 0 Å². The van der Waals surface area contributed by atoms with Gasteiger partial charge in [0.25, 0.3) is 0 Å². The standard InChI is InChI=1S/C14H19ClF3N3O/c1-19-13(20-7-6-14(16,17)18)21-9-12(22-2)10-4-3-5-11(15)8-10/h3-5,8,12H,6-7,9H2,1-2H3,(H2,19,20,21). The highest BCUT2D eigenvalue weighted by atomic mass is 35.5. The van der Waals surface area contributed by atoms with E-state index in [9.17, 15) is 13.2 Å². The molecule has 0 aliphatic carbocycles. The van der Waals surface area contributed by atoms with Crippen molar-refractivity contribution in [2.45, 2.75) is 18.7 Å². The molecular weight excluding hydrogens is 319 g/mol. The Morgan fingerprint density at radius 1 is 1.36 bits per heavy atom. The van der Waals surface area contributed by atoms with Crippen molar-refractivity contribution >= 4 is 17.6 Å². The third-order valence-electron chi connectivity index (χ3n) is 2.88. The minimum atomic E-state index is -4.19. The Kier molecular flexibility index (Phi) is 7.47. The van der Waals surface area contributed by atoms with Crippen LogP contribution in [0.1, 0.15) is 18.1 Å². The molecule has 1 aromatic carbocycles. The first-order valence-electron chi connectivity index (χ1n) is 6.65. The van der Waals surface area contributed by atoms with Gasteiger partial charge in [-0.15, -0.1) is 0 Å². The topological polar surface area (TPSA) is 45.7 Å². The smallest absolute Gasteiger partial charge is 0.375 e. The summed E-state index contributed by atoms with van der Waals surface area (Å²) in [5.74, 6) is 0.285. The van der Waals surface area contributed by atoms with Crippen LogP contribution in [0.25, 0.3) is 0 Å². The lowest BCUT2D eigenvalue weighted by Gasteiger charge is -2.19. The molecular formula is C14H19ClF3N3O. The van der Waals surface area contributed by atoms with E-state index in [4.69, 9.17) is 16.3 Å². The summed E-state index contributed by atoms with van der Waals surface area (Å²) < 4.78 is 41.7. The Morgan fingerprint density at radius 2 is 2.09 bits per heavy atom. The molecule has 22 heavy (non-hydrogen) atoms. The summed E-state index contributed by atoms with van der Waals surface area (Å²) >= 11 is 5.93. The second-order valence-electron chi connectivity index (χ2n) is 4.52. The predicted molar refractivity (Wildman–Crippen MR) is 81.2 cm³/mol. The summed E-state index contributed by atoms with van der Waals surface area (Å²) in [6.07, 6.45) is -5.41. The molecule has 4 nitrogen and oxygen atoms in total. The number of guanidine groups is 1. The molecule has 1 unspecified atom stereocenters. The number of halogens is 4. The van der Waals surface area contributed by atoms with E-state index in [-0.39, 0.29) is 18.6 Å². The largest absolute Gasteiger partial charge is 0.390 e. The fourth-order valence-electron chi connectivity index (χ4n) is 1.78. The third kappa shape index (κ3) is 7.00. The zero-order valence-electron chi connectivity index (χ0n) is 12.4. The number of methoxy groups -OCH3 is 1. The number of ether oxygens (including phenoxy) is 1. The molecule has 124 valence electrons. The van der Waals surface area contributed by atoms with Crippen molar-refractivity contribution in [3.63, 3.8) is 0 Å². The van der Waals surface area contributed by atoms with Crippen LogP contribution in [-0.4, -0.2) is 39.4 Å². The molecule has 1 aromatic rings. The number of benzene rings is 1. The van der Waals surface area contributed by atoms with E-state index < -0.39 is 12.6 Å². The number of nitrogens with one attached hydrogen (secondary N) is 2. The van der Waals surface area contributed by atoms with Gasteiger partial charge in [0.2, 0.25) is 0 Å². The Hall–Kier alpha value is -1.47. The molecule has 0 fully saturated rings. The van der Waals surface area contributed by atoms with Gasteiger partial charge in [-0.3, -0.25) is 4.99 Å². The van der Waals surface area contributed by atoms with E-state index in [1.165, 1.54) is 7.05 Å². The average molecular weight is 338 g/mol. The number of aliphatic imine (C=N–C) groups is 1. The lowest BCUT2D eigenvalue weighted by atomic mass is 10.1. The van der Waals surface area contributed by atoms with Crippen molar-refractivity contribution in [1.82, 2.24) is 10.6 Å². The van der Waals surface area contributed by atoms with Crippen LogP contribution in [0.2, 0.25) is 5.02 Å². The molecule has 1 rings (SSSR count). The summed E-state index contributed by atoms with van der Waals surface area (Å²) in [5.41, 5.74) is 0.869. The van der Waals surface area contributed by atoms with Gasteiger partial charge in [-0.2, -0.15) is 13.2 Å². The van der Waals surface area contributed by atoms with E-state index in [1.807, 2.05) is 6.07 Å². The van der Waals surface area contributed by atoms with Crippen LogP contribution in [0.15, 0.2) is 29.3 Å². The maximum Gasteiger partial charge on any atom is 0.390 e. The number of nitrogens with zero attached hydrogens (tertiary/aromatic N) is 1. The molecule has 0 aliphatic rings. The summed E-state index contributed by atoms with van der Waals surface area (Å²) in [6, 6.07) is 7.20. The van der Waals surface area contributed by atoms with Gasteiger partial charge in [0.1, 0.15) is 0 Å². The number of rotatable bonds is 6. The molecule has 0 radical (unpaired) electrons. The van der Waals surface area contributed by atoms with Gasteiger partial charge >= 0.3 is 6.18 Å². The second-order valence-corrected chi connectivity index (χ2v) is 4.96. The normalized spacial score (nSPS) is 13.8. The Labute approximate surface area is 132 Å². The van der Waals surface area contributed by atoms with E-state index in [1.54, 1.807) is 25.3 Å². The van der Waals surface area contributed by atoms with E-state index >= 15 is 0 Å². The Balaban J connectivity index is 2.50. The van der Waals surface area contributed by atoms with Gasteiger partial charge in [-0.05, 0) is 17.7 Å². The summed E-state index contributed by atoms with van der Waals surface area (Å²) in [7, 11) is 3.04. The van der Waals surface area contributed by atoms with Crippen LogP contribution in [0.5, 0.6) is 0 Å². The van der Waals surface area contributed by atoms with Crippen LogP contribution in [0, 0.1) is 0 Å². The SMILES string of the molecule is CN=C(NCCC(F)(F)F)NCC(OC)c1cccc(Cl)c1. The van der Waals surface area contributed by atoms with E-state index in [0.717, 1.165) is 5.56 Å². The van der Waals surface area contributed by atoms with Gasteiger partial charge in [0, 0.05) is 32.3 Å². The quantitative estimate of drug-likeness (QED) is 0.619. The summed E-state index contributed by atoms with van der Waals surface area (Å²) in [6.45, 7) is 0.112. The third-order valence-corrected chi connectivity index (χ3v) is 3.12. The molecule has 0 aromatic heterocycles. The van der Waals surface area contributed by atoms with Gasteiger partial charge in [-0.1, -0.05) is 23.7 Å². The first-order chi connectivity index (χ1) is 10.4. The van der Waals surface area contributed by atoms with Gasteiger partial charge in [0.15, 0.2) is 5.96 Å². The maximum atomic E-state index is 12.1. The molecule has 1 atom stereocenters. The summed E-state index contributed by atoms with van der Waals surface area (Å²) in [5, 5.41) is 6.12. The van der Waals surface area contributed by atoms with Gasteiger partial charge < -0.3 is 15.4 Å². The van der Waals surface area contributed by atoms with Crippen molar-refractivity contribution in [3.8, 4) is 0 Å². The lowest BCUT2D eigenvalue weighted by molar-refractivity contribution is -0.132. The number of alkyl halides is 3. The molecule has 0 saturated carbocycles. The van der Waals surface area contributed by atoms with E-state index in [0.29, 0.717) is 11.6 Å². The van der Waals surface area contributed by atoms with Crippen molar-refractivity contribution in [1.29, 1.82) is 0 Å². The molecule has 0 amide bonds. The predicted octanol–water partition coefficient (Wildman–Crippen LogP) is 3.14. The average Bonchev–Trinajstić information content (AvgIpc) is 2.45. The molecule has 2 N–H and O–H groups in total. The minimum Gasteiger partial charge on any atom is -0.375 e. The van der Waals surface area contributed by atoms with Gasteiger partial charge in [-0.25, -0.2) is 0 Å². The van der Waals surface area contributed by atoms with Crippen LogP contribution in [0.4, 0.5) is 13.2 Å². The Morgan fingerprint density at radius 3 is 2.64 bits per heavy atom. The number of hydrogen-bond donors (Lipinski definition) is 2. The molecule has 0 aliphatic heterocycles. The zero-order chi connectivity index (χ0) is 16.6. The van der Waals surface area contributed by atoms with Gasteiger partial charge in [0.05, 0.1) is 12.5 Å². The highest BCUT2D eigenvalue weighted by molar-refractivity contribution is 6.30. The van der Waals surface area contributed by atoms with Crippen LogP contribution < -0.4 is 10.6 Å². The summed E-state index contributed by atoms with van der Waals surface area (Å²) in [4.78, 5) is 3.87. The van der Waals surface area contributed by atoms with Crippen LogP contribution in [-0.2, 0) is 4.74 Å². The fourth-order valence-corrected chi connectivity index (χ4v) is 1.98. The first-order valence-corrected chi connectivity index (χ1v) is 7.03. The second kappa shape index (κ2) is 8.85. The highest BCUT2D eigenvalue weighted by Gasteiger charge is 2.26. The first kappa shape index (κ1) is 18.6.